The van der Waals surface area contributed by atoms with Gasteiger partial charge >= 0.3 is 6.18 Å². The molecule has 2 aromatic carbocycles. The third-order valence-corrected chi connectivity index (χ3v) is 6.38. The molecule has 0 spiro atoms. The molecular formula is C28H29F3N4O. The summed E-state index contributed by atoms with van der Waals surface area (Å²) in [6.07, 6.45) is 4.01. The van der Waals surface area contributed by atoms with Gasteiger partial charge in [-0.2, -0.15) is 13.2 Å². The molecule has 2 heterocycles. The highest BCUT2D eigenvalue weighted by molar-refractivity contribution is 5.92. The maximum atomic E-state index is 13.2. The Morgan fingerprint density at radius 1 is 1.03 bits per heavy atom. The van der Waals surface area contributed by atoms with Crippen LogP contribution in [0.3, 0.4) is 0 Å². The van der Waals surface area contributed by atoms with Gasteiger partial charge in [-0.15, -0.1) is 0 Å². The predicted molar refractivity (Wildman–Crippen MR) is 136 cm³/mol. The summed E-state index contributed by atoms with van der Waals surface area (Å²) in [6, 6.07) is 16.8. The van der Waals surface area contributed by atoms with Gasteiger partial charge in [-0.25, -0.2) is 0 Å². The molecule has 188 valence electrons. The van der Waals surface area contributed by atoms with Gasteiger partial charge in [0.25, 0.3) is 0 Å². The van der Waals surface area contributed by atoms with Gasteiger partial charge in [-0.05, 0) is 73.0 Å². The number of hydrogen-bond acceptors (Lipinski definition) is 4. The van der Waals surface area contributed by atoms with Crippen LogP contribution in [0.5, 0.6) is 0 Å². The van der Waals surface area contributed by atoms with Gasteiger partial charge in [-0.1, -0.05) is 24.3 Å². The average molecular weight is 495 g/mol. The summed E-state index contributed by atoms with van der Waals surface area (Å²) >= 11 is 0. The van der Waals surface area contributed by atoms with Crippen LogP contribution in [0.25, 0.3) is 6.08 Å². The van der Waals surface area contributed by atoms with E-state index in [0.717, 1.165) is 48.5 Å². The summed E-state index contributed by atoms with van der Waals surface area (Å²) in [6.45, 7) is 2.08. The van der Waals surface area contributed by atoms with Crippen molar-refractivity contribution in [3.8, 4) is 0 Å². The third kappa shape index (κ3) is 6.51. The van der Waals surface area contributed by atoms with Crippen LogP contribution in [-0.2, 0) is 17.5 Å². The quantitative estimate of drug-likeness (QED) is 0.431. The van der Waals surface area contributed by atoms with E-state index in [-0.39, 0.29) is 11.9 Å². The summed E-state index contributed by atoms with van der Waals surface area (Å²) in [5.41, 5.74) is 2.88. The first-order valence-electron chi connectivity index (χ1n) is 11.9. The zero-order valence-corrected chi connectivity index (χ0v) is 20.1. The number of carbonyl (C=O) groups is 1. The second kappa shape index (κ2) is 11.4. The Labute approximate surface area is 209 Å². The highest BCUT2D eigenvalue weighted by Gasteiger charge is 2.30. The van der Waals surface area contributed by atoms with E-state index in [1.165, 1.54) is 18.2 Å². The highest BCUT2D eigenvalue weighted by Crippen LogP contribution is 2.29. The molecule has 1 aliphatic heterocycles. The highest BCUT2D eigenvalue weighted by atomic mass is 19.4. The van der Waals surface area contributed by atoms with E-state index < -0.39 is 11.7 Å². The number of alkyl halides is 3. The molecule has 8 heteroatoms. The third-order valence-electron chi connectivity index (χ3n) is 6.38. The minimum absolute atomic E-state index is 0.0441. The zero-order chi connectivity index (χ0) is 25.5. The molecule has 36 heavy (non-hydrogen) atoms. The Morgan fingerprint density at radius 2 is 1.69 bits per heavy atom. The Balaban J connectivity index is 1.48. The Hall–Kier alpha value is -3.65. The van der Waals surface area contributed by atoms with Crippen molar-refractivity contribution >= 4 is 23.4 Å². The number of pyridine rings is 1. The van der Waals surface area contributed by atoms with E-state index in [2.05, 4.69) is 15.2 Å². The normalized spacial score (nSPS) is 16.2. The van der Waals surface area contributed by atoms with E-state index >= 15 is 0 Å². The number of amides is 1. The number of carbonyl (C=O) groups excluding carboxylic acids is 1. The molecule has 5 nitrogen and oxygen atoms in total. The number of rotatable bonds is 7. The van der Waals surface area contributed by atoms with Crippen LogP contribution < -0.4 is 10.2 Å². The van der Waals surface area contributed by atoms with Crippen LogP contribution in [0, 0.1) is 0 Å². The van der Waals surface area contributed by atoms with E-state index in [9.17, 15) is 18.0 Å². The smallest absolute Gasteiger partial charge is 0.345 e. The van der Waals surface area contributed by atoms with E-state index in [0.29, 0.717) is 18.7 Å². The molecule has 1 aromatic heterocycles. The van der Waals surface area contributed by atoms with Crippen molar-refractivity contribution in [1.29, 1.82) is 0 Å². The lowest BCUT2D eigenvalue weighted by atomic mass is 10.0. The average Bonchev–Trinajstić information content (AvgIpc) is 2.91. The van der Waals surface area contributed by atoms with E-state index in [1.54, 1.807) is 18.5 Å². The number of benzene rings is 2. The standard InChI is InChI=1S/C28H29F3N4O/c1-34(25-14-17-32-18-15-25)24-11-6-22(7-12-24)20-35(26-3-2-16-33-19-26)27(36)13-8-21-4-9-23(10-5-21)28(29,30)31/h4-15,17-18,26,33H,2-3,16,19-20H2,1H3/b13-8+. The van der Waals surface area contributed by atoms with Crippen molar-refractivity contribution < 1.29 is 18.0 Å². The van der Waals surface area contributed by atoms with Crippen LogP contribution in [0.4, 0.5) is 24.5 Å². The lowest BCUT2D eigenvalue weighted by Crippen LogP contribution is -2.47. The summed E-state index contributed by atoms with van der Waals surface area (Å²) in [5, 5.41) is 3.36. The van der Waals surface area contributed by atoms with Crippen LogP contribution in [0.15, 0.2) is 79.1 Å². The second-order valence-electron chi connectivity index (χ2n) is 8.85. The second-order valence-corrected chi connectivity index (χ2v) is 8.85. The molecule has 0 radical (unpaired) electrons. The van der Waals surface area contributed by atoms with Crippen molar-refractivity contribution in [1.82, 2.24) is 15.2 Å². The summed E-state index contributed by atoms with van der Waals surface area (Å²) in [5.74, 6) is -0.165. The molecule has 0 saturated carbocycles. The molecule has 3 aromatic rings. The predicted octanol–water partition coefficient (Wildman–Crippen LogP) is 5.66. The van der Waals surface area contributed by atoms with Gasteiger partial charge in [0.15, 0.2) is 0 Å². The molecular weight excluding hydrogens is 465 g/mol. The first-order chi connectivity index (χ1) is 17.3. The molecule has 1 aliphatic rings. The summed E-state index contributed by atoms with van der Waals surface area (Å²) < 4.78 is 38.5. The summed E-state index contributed by atoms with van der Waals surface area (Å²) in [4.78, 5) is 21.2. The molecule has 4 rings (SSSR count). The molecule has 0 bridgehead atoms. The maximum Gasteiger partial charge on any atom is 0.416 e. The van der Waals surface area contributed by atoms with Gasteiger partial charge in [0.05, 0.1) is 5.56 Å². The van der Waals surface area contributed by atoms with Crippen LogP contribution in [-0.4, -0.2) is 42.0 Å². The minimum Gasteiger partial charge on any atom is -0.345 e. The first kappa shape index (κ1) is 25.4. The number of aromatic nitrogens is 1. The summed E-state index contributed by atoms with van der Waals surface area (Å²) in [7, 11) is 1.99. The number of anilines is 2. The molecule has 1 unspecified atom stereocenters. The first-order valence-corrected chi connectivity index (χ1v) is 11.9. The van der Waals surface area contributed by atoms with Crippen LogP contribution in [0.2, 0.25) is 0 Å². The fourth-order valence-electron chi connectivity index (χ4n) is 4.27. The maximum absolute atomic E-state index is 13.2. The van der Waals surface area contributed by atoms with Crippen molar-refractivity contribution in [2.45, 2.75) is 31.6 Å². The van der Waals surface area contributed by atoms with Crippen LogP contribution in [0.1, 0.15) is 29.5 Å². The molecule has 1 fully saturated rings. The number of hydrogen-bond donors (Lipinski definition) is 1. The molecule has 0 aliphatic carbocycles. The van der Waals surface area contributed by atoms with E-state index in [1.807, 2.05) is 48.3 Å². The monoisotopic (exact) mass is 494 g/mol. The van der Waals surface area contributed by atoms with Crippen LogP contribution >= 0.6 is 0 Å². The zero-order valence-electron chi connectivity index (χ0n) is 20.1. The largest absolute Gasteiger partial charge is 0.416 e. The fourth-order valence-corrected chi connectivity index (χ4v) is 4.27. The molecule has 1 atom stereocenters. The minimum atomic E-state index is -4.38. The topological polar surface area (TPSA) is 48.5 Å². The van der Waals surface area contributed by atoms with Gasteiger partial charge in [0.2, 0.25) is 5.91 Å². The number of piperidine rings is 1. The Morgan fingerprint density at radius 3 is 2.31 bits per heavy atom. The number of halogens is 3. The van der Waals surface area contributed by atoms with Gasteiger partial charge in [-0.3, -0.25) is 9.78 Å². The SMILES string of the molecule is CN(c1ccncc1)c1ccc(CN(C(=O)/C=C/c2ccc(C(F)(F)F)cc2)C2CCCNC2)cc1. The molecule has 1 amide bonds. The lowest BCUT2D eigenvalue weighted by molar-refractivity contribution is -0.137. The number of nitrogens with zero attached hydrogens (tertiary/aromatic N) is 3. The number of nitrogens with one attached hydrogen (secondary N) is 1. The van der Waals surface area contributed by atoms with Crippen molar-refractivity contribution in [3.63, 3.8) is 0 Å². The van der Waals surface area contributed by atoms with Crippen molar-refractivity contribution in [3.05, 3.63) is 95.8 Å². The van der Waals surface area contributed by atoms with E-state index in [4.69, 9.17) is 0 Å². The molecule has 1 N–H and O–H groups in total. The van der Waals surface area contributed by atoms with Crippen molar-refractivity contribution in [2.24, 2.45) is 0 Å². The Bertz CT molecular complexity index is 1160. The van der Waals surface area contributed by atoms with Crippen molar-refractivity contribution in [2.75, 3.05) is 25.0 Å². The van der Waals surface area contributed by atoms with Gasteiger partial charge in [0, 0.05) is 56.0 Å². The lowest BCUT2D eigenvalue weighted by Gasteiger charge is -2.34. The fraction of sp³-hybridized carbons (Fsp3) is 0.286. The van der Waals surface area contributed by atoms with Gasteiger partial charge < -0.3 is 15.1 Å². The van der Waals surface area contributed by atoms with Gasteiger partial charge in [0.1, 0.15) is 0 Å². The Kier molecular flexibility index (Phi) is 8.05. The molecule has 1 saturated heterocycles.